The van der Waals surface area contributed by atoms with Crippen LogP contribution in [0.4, 0.5) is 0 Å². The number of methoxy groups -OCH3 is 4. The fraction of sp³-hybridized carbons (Fsp3) is 0.971. The lowest BCUT2D eigenvalue weighted by molar-refractivity contribution is -0.356. The van der Waals surface area contributed by atoms with Crippen LogP contribution in [0.1, 0.15) is 60.3 Å². The third-order valence-electron chi connectivity index (χ3n) is 10.5. The monoisotopic (exact) mass is 738 g/mol. The zero-order valence-corrected chi connectivity index (χ0v) is 30.9. The number of cyclic esters (lactones) is 1. The molecule has 17 nitrogen and oxygen atoms in total. The number of aliphatic hydroxyl groups excluding tert-OH is 3. The zero-order valence-electron chi connectivity index (χ0n) is 30.9. The molecule has 0 aromatic carbocycles. The maximum atomic E-state index is 11.8. The van der Waals surface area contributed by atoms with Crippen molar-refractivity contribution in [1.29, 1.82) is 0 Å². The molecule has 5 saturated heterocycles. The molecule has 5 aliphatic heterocycles. The number of carbonyl (C=O) groups excluding carboxylic acids is 1. The van der Waals surface area contributed by atoms with Crippen molar-refractivity contribution in [3.05, 3.63) is 0 Å². The van der Waals surface area contributed by atoms with E-state index in [-0.39, 0.29) is 31.7 Å². The van der Waals surface area contributed by atoms with Gasteiger partial charge in [0.2, 0.25) is 0 Å². The number of rotatable bonds is 12. The fourth-order valence-corrected chi connectivity index (χ4v) is 7.74. The molecule has 5 heterocycles. The van der Waals surface area contributed by atoms with Crippen molar-refractivity contribution in [2.75, 3.05) is 28.4 Å². The number of carbonyl (C=O) groups is 1. The Morgan fingerprint density at radius 2 is 0.980 bits per heavy atom. The van der Waals surface area contributed by atoms with E-state index in [2.05, 4.69) is 0 Å². The van der Waals surface area contributed by atoms with Gasteiger partial charge in [-0.25, -0.2) is 0 Å². The van der Waals surface area contributed by atoms with Crippen molar-refractivity contribution >= 4 is 5.97 Å². The first-order chi connectivity index (χ1) is 24.3. The van der Waals surface area contributed by atoms with Gasteiger partial charge in [-0.05, 0) is 34.6 Å². The largest absolute Gasteiger partial charge is 0.460 e. The van der Waals surface area contributed by atoms with Crippen LogP contribution in [0.25, 0.3) is 0 Å². The van der Waals surface area contributed by atoms with Crippen LogP contribution < -0.4 is 0 Å². The minimum atomic E-state index is -0.973. The normalized spacial score (nSPS) is 49.8. The maximum absolute atomic E-state index is 11.8. The molecule has 3 N–H and O–H groups in total. The quantitative estimate of drug-likeness (QED) is 0.229. The van der Waals surface area contributed by atoms with Crippen LogP contribution in [-0.2, 0) is 66.4 Å². The lowest BCUT2D eigenvalue weighted by atomic mass is 9.98. The Balaban J connectivity index is 1.12. The number of aliphatic hydroxyl groups is 3. The van der Waals surface area contributed by atoms with Crippen LogP contribution in [0.2, 0.25) is 0 Å². The Labute approximate surface area is 299 Å². The third kappa shape index (κ3) is 9.40. The van der Waals surface area contributed by atoms with E-state index in [0.717, 1.165) is 0 Å². The van der Waals surface area contributed by atoms with Gasteiger partial charge in [-0.3, -0.25) is 4.79 Å². The van der Waals surface area contributed by atoms with Gasteiger partial charge in [0.15, 0.2) is 25.2 Å². The van der Waals surface area contributed by atoms with Crippen LogP contribution in [0.5, 0.6) is 0 Å². The summed E-state index contributed by atoms with van der Waals surface area (Å²) in [7, 11) is 6.07. The van der Waals surface area contributed by atoms with Gasteiger partial charge >= 0.3 is 5.97 Å². The maximum Gasteiger partial charge on any atom is 0.308 e. The van der Waals surface area contributed by atoms with E-state index in [0.29, 0.717) is 0 Å². The summed E-state index contributed by atoms with van der Waals surface area (Å²) in [6.45, 7) is 8.83. The van der Waals surface area contributed by atoms with Gasteiger partial charge in [-0.1, -0.05) is 0 Å². The van der Waals surface area contributed by atoms with E-state index in [4.69, 9.17) is 61.6 Å². The summed E-state index contributed by atoms with van der Waals surface area (Å²) in [5.74, 6) is -0.360. The van der Waals surface area contributed by atoms with Crippen molar-refractivity contribution in [1.82, 2.24) is 0 Å². The van der Waals surface area contributed by atoms with E-state index in [1.807, 2.05) is 6.92 Å². The molecular formula is C34H58O17. The van der Waals surface area contributed by atoms with Crippen molar-refractivity contribution in [3.8, 4) is 0 Å². The highest BCUT2D eigenvalue weighted by Gasteiger charge is 2.50. The lowest BCUT2D eigenvalue weighted by Gasteiger charge is -2.47. The molecule has 17 heteroatoms. The molecule has 5 fully saturated rings. The molecule has 0 amide bonds. The van der Waals surface area contributed by atoms with Crippen LogP contribution in [0, 0.1) is 0 Å². The Bertz CT molecular complexity index is 1080. The first-order valence-corrected chi connectivity index (χ1v) is 17.9. The zero-order chi connectivity index (χ0) is 37.1. The smallest absolute Gasteiger partial charge is 0.308 e. The van der Waals surface area contributed by atoms with Crippen molar-refractivity contribution in [2.45, 2.75) is 183 Å². The predicted octanol–water partition coefficient (Wildman–Crippen LogP) is 0.155. The average Bonchev–Trinajstić information content (AvgIpc) is 3.07. The van der Waals surface area contributed by atoms with Crippen LogP contribution in [0.3, 0.4) is 0 Å². The average molecular weight is 739 g/mol. The highest BCUT2D eigenvalue weighted by molar-refractivity contribution is 5.71. The van der Waals surface area contributed by atoms with E-state index < -0.39 is 123 Å². The molecule has 0 radical (unpaired) electrons. The second kappa shape index (κ2) is 18.0. The van der Waals surface area contributed by atoms with Gasteiger partial charge in [0, 0.05) is 47.7 Å². The molecule has 5 rings (SSSR count). The number of ether oxygens (including phenoxy) is 13. The van der Waals surface area contributed by atoms with Gasteiger partial charge in [0.25, 0.3) is 0 Å². The minimum Gasteiger partial charge on any atom is -0.460 e. The Hall–Kier alpha value is -1.13. The molecular weight excluding hydrogens is 680 g/mol. The van der Waals surface area contributed by atoms with Gasteiger partial charge in [0.1, 0.15) is 48.8 Å². The summed E-state index contributed by atoms with van der Waals surface area (Å²) in [5, 5.41) is 32.8. The van der Waals surface area contributed by atoms with Crippen molar-refractivity contribution < 1.29 is 81.7 Å². The SMILES string of the molecule is CO[C@H]1[C@H](O[C@H]2[C@@H](OC)C[C@H](O[C@H]3[C@H](O)C[C@H](O[C@H]4[C@@H](O)C[C@H](O[C@@H]5[C@@H](C)OC(=O)C[C@H]5OC)O[C@@H]4C)O[C@@H]3C)O[C@@H]2C)O[C@H](C)[C@H](O)[C@@H]1OC. The molecule has 20 atom stereocenters. The van der Waals surface area contributed by atoms with Gasteiger partial charge in [-0.2, -0.15) is 0 Å². The number of hydrogen-bond acceptors (Lipinski definition) is 17. The van der Waals surface area contributed by atoms with Crippen LogP contribution in [-0.4, -0.2) is 173 Å². The van der Waals surface area contributed by atoms with Gasteiger partial charge in [-0.15, -0.1) is 0 Å². The van der Waals surface area contributed by atoms with Gasteiger partial charge in [0.05, 0.1) is 55.3 Å². The first-order valence-electron chi connectivity index (χ1n) is 17.9. The highest BCUT2D eigenvalue weighted by atomic mass is 16.8. The summed E-state index contributed by atoms with van der Waals surface area (Å²) in [6.07, 6.45) is -13.3. The summed E-state index contributed by atoms with van der Waals surface area (Å²) in [6, 6.07) is 0. The van der Waals surface area contributed by atoms with Crippen molar-refractivity contribution in [2.24, 2.45) is 0 Å². The second-order valence-corrected chi connectivity index (χ2v) is 14.1. The molecule has 51 heavy (non-hydrogen) atoms. The second-order valence-electron chi connectivity index (χ2n) is 14.1. The molecule has 296 valence electrons. The molecule has 0 aliphatic carbocycles. The molecule has 0 saturated carbocycles. The Morgan fingerprint density at radius 3 is 1.47 bits per heavy atom. The predicted molar refractivity (Wildman–Crippen MR) is 172 cm³/mol. The fourth-order valence-electron chi connectivity index (χ4n) is 7.74. The van der Waals surface area contributed by atoms with Crippen LogP contribution >= 0.6 is 0 Å². The first kappa shape index (κ1) is 41.0. The van der Waals surface area contributed by atoms with E-state index in [1.54, 1.807) is 34.8 Å². The van der Waals surface area contributed by atoms with Crippen molar-refractivity contribution in [3.63, 3.8) is 0 Å². The topological polar surface area (TPSA) is 198 Å². The summed E-state index contributed by atoms with van der Waals surface area (Å²) in [5.41, 5.74) is 0. The molecule has 5 aliphatic rings. The Morgan fingerprint density at radius 1 is 0.510 bits per heavy atom. The van der Waals surface area contributed by atoms with Gasteiger partial charge < -0.3 is 76.9 Å². The lowest BCUT2D eigenvalue weighted by Crippen LogP contribution is -2.61. The summed E-state index contributed by atoms with van der Waals surface area (Å²) < 4.78 is 76.9. The highest BCUT2D eigenvalue weighted by Crippen LogP contribution is 2.35. The molecule has 0 unspecified atom stereocenters. The number of hydrogen-bond donors (Lipinski definition) is 3. The van der Waals surface area contributed by atoms with Crippen LogP contribution in [0.15, 0.2) is 0 Å². The number of esters is 1. The molecule has 0 aromatic heterocycles. The molecule has 0 aromatic rings. The third-order valence-corrected chi connectivity index (χ3v) is 10.5. The standard InChI is InChI=1S/C34H58O17/c1-14-27(38)32(41-8)33(42-9)34(47-14)51-31-18(5)46-26(13-22(31)40-7)49-29-16(3)44-24(10-19(29)35)48-28-15(2)45-25(11-20(28)36)50-30-17(4)43-23(37)12-21(30)39-6/h14-22,24-36,38H,10-13H2,1-9H3/t14-,15-,16-,17-,18-,19-,20+,21-,22+,24+,25+,26+,27+,28-,29-,30-,31-,32+,33-,34+/m1/s1. The summed E-state index contributed by atoms with van der Waals surface area (Å²) >= 11 is 0. The van der Waals surface area contributed by atoms with E-state index >= 15 is 0 Å². The van der Waals surface area contributed by atoms with E-state index in [9.17, 15) is 20.1 Å². The Kier molecular flexibility index (Phi) is 14.5. The van der Waals surface area contributed by atoms with E-state index in [1.165, 1.54) is 21.3 Å². The minimum absolute atomic E-state index is 0.0622. The molecule has 0 spiro atoms. The summed E-state index contributed by atoms with van der Waals surface area (Å²) in [4.78, 5) is 11.8. The molecule has 0 bridgehead atoms.